The Hall–Kier alpha value is -2.52. The van der Waals surface area contributed by atoms with Crippen LogP contribution in [0.2, 0.25) is 0 Å². The van der Waals surface area contributed by atoms with Crippen molar-refractivity contribution in [3.8, 4) is 6.07 Å². The molecule has 2 aromatic rings. The number of fused-ring (bicyclic) bond motifs is 1. The minimum absolute atomic E-state index is 0.625. The molecular formula is C20H21N5S. The summed E-state index contributed by atoms with van der Waals surface area (Å²) in [5.41, 5.74) is 2.92. The van der Waals surface area contributed by atoms with Crippen LogP contribution in [0.25, 0.3) is 11.3 Å². The van der Waals surface area contributed by atoms with Crippen molar-refractivity contribution in [3.05, 3.63) is 58.0 Å². The molecule has 2 aliphatic heterocycles. The van der Waals surface area contributed by atoms with Crippen molar-refractivity contribution in [1.29, 1.82) is 5.26 Å². The van der Waals surface area contributed by atoms with Crippen LogP contribution in [0.4, 0.5) is 0 Å². The van der Waals surface area contributed by atoms with E-state index in [1.807, 2.05) is 18.2 Å². The highest BCUT2D eigenvalue weighted by Crippen LogP contribution is 2.42. The predicted octanol–water partition coefficient (Wildman–Crippen LogP) is 4.26. The molecule has 132 valence electrons. The second-order valence-corrected chi connectivity index (χ2v) is 7.28. The van der Waals surface area contributed by atoms with Crippen LogP contribution < -0.4 is 0 Å². The first-order chi connectivity index (χ1) is 12.8. The molecule has 0 bridgehead atoms. The van der Waals surface area contributed by atoms with Gasteiger partial charge in [0, 0.05) is 24.9 Å². The van der Waals surface area contributed by atoms with Crippen molar-refractivity contribution in [1.82, 2.24) is 19.7 Å². The molecule has 0 amide bonds. The third kappa shape index (κ3) is 2.93. The zero-order valence-electron chi connectivity index (χ0n) is 14.9. The van der Waals surface area contributed by atoms with Gasteiger partial charge in [-0.25, -0.2) is 0 Å². The average Bonchev–Trinajstić information content (AvgIpc) is 3.21. The van der Waals surface area contributed by atoms with E-state index in [0.717, 1.165) is 54.5 Å². The molecule has 3 heterocycles. The van der Waals surface area contributed by atoms with Gasteiger partial charge in [-0.05, 0) is 25.3 Å². The Morgan fingerprint density at radius 3 is 2.81 bits per heavy atom. The van der Waals surface area contributed by atoms with Gasteiger partial charge in [-0.2, -0.15) is 5.26 Å². The Morgan fingerprint density at radius 1 is 1.19 bits per heavy atom. The Balaban J connectivity index is 1.76. The lowest BCUT2D eigenvalue weighted by molar-refractivity contribution is 0.556. The molecule has 0 fully saturated rings. The van der Waals surface area contributed by atoms with Crippen molar-refractivity contribution >= 4 is 23.0 Å². The normalized spacial score (nSPS) is 18.8. The third-order valence-corrected chi connectivity index (χ3v) is 5.85. The molecule has 6 heteroatoms. The molecule has 0 atom stereocenters. The van der Waals surface area contributed by atoms with Gasteiger partial charge in [0.1, 0.15) is 22.5 Å². The number of hydrogen-bond donors (Lipinski definition) is 0. The number of benzene rings is 1. The number of rotatable bonds is 3. The van der Waals surface area contributed by atoms with Gasteiger partial charge in [-0.1, -0.05) is 48.5 Å². The van der Waals surface area contributed by atoms with E-state index in [2.05, 4.69) is 50.2 Å². The summed E-state index contributed by atoms with van der Waals surface area (Å²) in [5, 5.41) is 21.8. The average molecular weight is 363 g/mol. The largest absolute Gasteiger partial charge is 0.334 e. The standard InChI is InChI=1S/C20H21N5S/c1-2-24-17(15-9-5-3-6-10-15)14-26-20(24)16(13-21)19-23-22-18-11-7-4-8-12-25(18)19/h3,5-6,9-10,14H,2,4,7-8,11-12H2,1H3. The highest BCUT2D eigenvalue weighted by atomic mass is 32.2. The van der Waals surface area contributed by atoms with Crippen molar-refractivity contribution in [2.24, 2.45) is 0 Å². The van der Waals surface area contributed by atoms with E-state index in [9.17, 15) is 5.26 Å². The summed E-state index contributed by atoms with van der Waals surface area (Å²) in [6.45, 7) is 3.81. The summed E-state index contributed by atoms with van der Waals surface area (Å²) < 4.78 is 2.15. The van der Waals surface area contributed by atoms with Crippen molar-refractivity contribution < 1.29 is 0 Å². The zero-order valence-corrected chi connectivity index (χ0v) is 15.7. The number of aryl methyl sites for hydroxylation is 1. The number of hydrogen-bond acceptors (Lipinski definition) is 5. The molecule has 0 N–H and O–H groups in total. The van der Waals surface area contributed by atoms with Crippen LogP contribution in [0.1, 0.15) is 43.4 Å². The van der Waals surface area contributed by atoms with E-state index in [1.54, 1.807) is 11.8 Å². The summed E-state index contributed by atoms with van der Waals surface area (Å²) in [6, 6.07) is 12.7. The number of thioether (sulfide) groups is 1. The van der Waals surface area contributed by atoms with Crippen molar-refractivity contribution in [2.75, 3.05) is 6.54 Å². The van der Waals surface area contributed by atoms with Crippen LogP contribution in [0, 0.1) is 11.3 Å². The summed E-state index contributed by atoms with van der Waals surface area (Å²) in [6.07, 6.45) is 4.41. The number of nitriles is 1. The molecule has 0 radical (unpaired) electrons. The summed E-state index contributed by atoms with van der Waals surface area (Å²) in [5.74, 6) is 1.72. The molecule has 5 nitrogen and oxygen atoms in total. The van der Waals surface area contributed by atoms with Crippen molar-refractivity contribution in [3.63, 3.8) is 0 Å². The molecule has 2 aliphatic rings. The maximum absolute atomic E-state index is 9.95. The van der Waals surface area contributed by atoms with E-state index < -0.39 is 0 Å². The number of aromatic nitrogens is 3. The molecular weight excluding hydrogens is 342 g/mol. The predicted molar refractivity (Wildman–Crippen MR) is 105 cm³/mol. The molecule has 0 saturated carbocycles. The van der Waals surface area contributed by atoms with Gasteiger partial charge >= 0.3 is 0 Å². The maximum atomic E-state index is 9.95. The topological polar surface area (TPSA) is 57.7 Å². The van der Waals surface area contributed by atoms with Crippen LogP contribution in [0.5, 0.6) is 0 Å². The van der Waals surface area contributed by atoms with Gasteiger partial charge < -0.3 is 9.47 Å². The van der Waals surface area contributed by atoms with Gasteiger partial charge in [-0.3, -0.25) is 0 Å². The number of allylic oxidation sites excluding steroid dienone is 1. The van der Waals surface area contributed by atoms with Gasteiger partial charge in [0.05, 0.1) is 5.70 Å². The van der Waals surface area contributed by atoms with Crippen LogP contribution in [0.3, 0.4) is 0 Å². The third-order valence-electron chi connectivity index (χ3n) is 4.86. The van der Waals surface area contributed by atoms with E-state index in [0.29, 0.717) is 11.4 Å². The Labute approximate surface area is 158 Å². The van der Waals surface area contributed by atoms with Crippen LogP contribution in [-0.2, 0) is 13.0 Å². The number of nitrogens with zero attached hydrogens (tertiary/aromatic N) is 5. The SMILES string of the molecule is CCN1C(c2ccccc2)=CSC1=C(C#N)c1nnc2n1CCCCC2. The molecule has 0 aliphatic carbocycles. The monoisotopic (exact) mass is 363 g/mol. The molecule has 0 unspecified atom stereocenters. The van der Waals surface area contributed by atoms with Gasteiger partial charge in [0.2, 0.25) is 0 Å². The lowest BCUT2D eigenvalue weighted by atomic mass is 10.1. The minimum atomic E-state index is 0.625. The van der Waals surface area contributed by atoms with Gasteiger partial charge in [0.25, 0.3) is 0 Å². The van der Waals surface area contributed by atoms with Crippen LogP contribution in [0.15, 0.2) is 40.8 Å². The van der Waals surface area contributed by atoms with Crippen LogP contribution in [-0.4, -0.2) is 26.2 Å². The maximum Gasteiger partial charge on any atom is 0.177 e. The summed E-state index contributed by atoms with van der Waals surface area (Å²) >= 11 is 1.60. The smallest absolute Gasteiger partial charge is 0.177 e. The second-order valence-electron chi connectivity index (χ2n) is 6.43. The first-order valence-electron chi connectivity index (χ1n) is 9.10. The van der Waals surface area contributed by atoms with Crippen LogP contribution >= 0.6 is 11.8 Å². The second kappa shape index (κ2) is 7.38. The Morgan fingerprint density at radius 2 is 2.04 bits per heavy atom. The molecule has 0 spiro atoms. The Kier molecular flexibility index (Phi) is 4.81. The molecule has 0 saturated heterocycles. The molecule has 4 rings (SSSR count). The Bertz CT molecular complexity index is 904. The van der Waals surface area contributed by atoms with Gasteiger partial charge in [0.15, 0.2) is 5.82 Å². The van der Waals surface area contributed by atoms with E-state index in [4.69, 9.17) is 0 Å². The van der Waals surface area contributed by atoms with Gasteiger partial charge in [-0.15, -0.1) is 10.2 Å². The first kappa shape index (κ1) is 16.9. The minimum Gasteiger partial charge on any atom is -0.334 e. The highest BCUT2D eigenvalue weighted by molar-refractivity contribution is 8.06. The van der Waals surface area contributed by atoms with E-state index in [-0.39, 0.29) is 0 Å². The molecule has 1 aromatic heterocycles. The van der Waals surface area contributed by atoms with E-state index >= 15 is 0 Å². The lowest BCUT2D eigenvalue weighted by Crippen LogP contribution is -2.18. The zero-order chi connectivity index (χ0) is 17.9. The fourth-order valence-corrected chi connectivity index (χ4v) is 4.65. The van der Waals surface area contributed by atoms with E-state index in [1.165, 1.54) is 6.42 Å². The molecule has 26 heavy (non-hydrogen) atoms. The first-order valence-corrected chi connectivity index (χ1v) is 9.98. The van der Waals surface area contributed by atoms with Crippen molar-refractivity contribution in [2.45, 2.75) is 39.2 Å². The summed E-state index contributed by atoms with van der Waals surface area (Å²) in [4.78, 5) is 2.21. The summed E-state index contributed by atoms with van der Waals surface area (Å²) in [7, 11) is 0. The highest BCUT2D eigenvalue weighted by Gasteiger charge is 2.28. The molecule has 1 aromatic carbocycles. The fourth-order valence-electron chi connectivity index (χ4n) is 3.55. The fraction of sp³-hybridized carbons (Fsp3) is 0.350. The lowest BCUT2D eigenvalue weighted by Gasteiger charge is -2.22. The quantitative estimate of drug-likeness (QED) is 0.763.